The van der Waals surface area contributed by atoms with E-state index in [1.807, 2.05) is 13.8 Å². The molecule has 0 spiro atoms. The van der Waals surface area contributed by atoms with Gasteiger partial charge in [0, 0.05) is 18.7 Å². The number of hydrogen-bond donors (Lipinski definition) is 2. The lowest BCUT2D eigenvalue weighted by Gasteiger charge is -2.09. The molecule has 0 aliphatic heterocycles. The van der Waals surface area contributed by atoms with Crippen LogP contribution in [0.2, 0.25) is 0 Å². The SMILES string of the molecule is CCCCCNc1cc(C(=O)NC(C)C)ncn1. The van der Waals surface area contributed by atoms with Crippen LogP contribution in [0.4, 0.5) is 5.82 Å². The van der Waals surface area contributed by atoms with Crippen molar-refractivity contribution in [3.63, 3.8) is 0 Å². The smallest absolute Gasteiger partial charge is 0.270 e. The summed E-state index contributed by atoms with van der Waals surface area (Å²) >= 11 is 0. The molecule has 1 aromatic rings. The summed E-state index contributed by atoms with van der Waals surface area (Å²) in [7, 11) is 0. The van der Waals surface area contributed by atoms with Gasteiger partial charge in [-0.05, 0) is 20.3 Å². The lowest BCUT2D eigenvalue weighted by Crippen LogP contribution is -2.30. The maximum Gasteiger partial charge on any atom is 0.270 e. The Kier molecular flexibility index (Phi) is 6.11. The summed E-state index contributed by atoms with van der Waals surface area (Å²) < 4.78 is 0. The van der Waals surface area contributed by atoms with Gasteiger partial charge in [-0.25, -0.2) is 9.97 Å². The van der Waals surface area contributed by atoms with E-state index in [-0.39, 0.29) is 11.9 Å². The summed E-state index contributed by atoms with van der Waals surface area (Å²) in [6, 6.07) is 1.79. The van der Waals surface area contributed by atoms with Crippen LogP contribution in [0.25, 0.3) is 0 Å². The molecule has 1 amide bonds. The molecule has 0 fully saturated rings. The Labute approximate surface area is 108 Å². The molecule has 0 aromatic carbocycles. The number of nitrogens with one attached hydrogen (secondary N) is 2. The zero-order chi connectivity index (χ0) is 13.4. The van der Waals surface area contributed by atoms with Crippen LogP contribution in [0.3, 0.4) is 0 Å². The highest BCUT2D eigenvalue weighted by molar-refractivity contribution is 5.92. The van der Waals surface area contributed by atoms with E-state index >= 15 is 0 Å². The van der Waals surface area contributed by atoms with E-state index in [0.717, 1.165) is 13.0 Å². The van der Waals surface area contributed by atoms with Gasteiger partial charge in [0.15, 0.2) is 0 Å². The van der Waals surface area contributed by atoms with Crippen molar-refractivity contribution in [2.75, 3.05) is 11.9 Å². The number of anilines is 1. The van der Waals surface area contributed by atoms with E-state index in [0.29, 0.717) is 11.5 Å². The van der Waals surface area contributed by atoms with E-state index in [1.54, 1.807) is 6.07 Å². The first-order valence-corrected chi connectivity index (χ1v) is 6.50. The van der Waals surface area contributed by atoms with Crippen LogP contribution in [0, 0.1) is 0 Å². The van der Waals surface area contributed by atoms with Gasteiger partial charge in [-0.1, -0.05) is 19.8 Å². The highest BCUT2D eigenvalue weighted by Crippen LogP contribution is 2.05. The molecular weight excluding hydrogens is 228 g/mol. The molecule has 0 aliphatic rings. The lowest BCUT2D eigenvalue weighted by atomic mass is 10.2. The zero-order valence-electron chi connectivity index (χ0n) is 11.4. The first-order chi connectivity index (χ1) is 8.63. The van der Waals surface area contributed by atoms with Crippen molar-refractivity contribution < 1.29 is 4.79 Å². The van der Waals surface area contributed by atoms with Gasteiger partial charge < -0.3 is 10.6 Å². The molecule has 0 aliphatic carbocycles. The average Bonchev–Trinajstić information content (AvgIpc) is 2.34. The van der Waals surface area contributed by atoms with Crippen molar-refractivity contribution in [3.8, 4) is 0 Å². The summed E-state index contributed by atoms with van der Waals surface area (Å²) in [6.07, 6.45) is 4.90. The topological polar surface area (TPSA) is 66.9 Å². The monoisotopic (exact) mass is 250 g/mol. The highest BCUT2D eigenvalue weighted by Gasteiger charge is 2.09. The van der Waals surface area contributed by atoms with Crippen LogP contribution in [-0.4, -0.2) is 28.5 Å². The van der Waals surface area contributed by atoms with Crippen LogP contribution in [0.5, 0.6) is 0 Å². The molecule has 5 heteroatoms. The second kappa shape index (κ2) is 7.63. The Balaban J connectivity index is 2.53. The van der Waals surface area contributed by atoms with E-state index in [2.05, 4.69) is 27.5 Å². The maximum absolute atomic E-state index is 11.8. The zero-order valence-corrected chi connectivity index (χ0v) is 11.4. The number of nitrogens with zero attached hydrogens (tertiary/aromatic N) is 2. The molecule has 2 N–H and O–H groups in total. The van der Waals surface area contributed by atoms with Crippen LogP contribution >= 0.6 is 0 Å². The van der Waals surface area contributed by atoms with E-state index in [9.17, 15) is 4.79 Å². The minimum Gasteiger partial charge on any atom is -0.370 e. The fraction of sp³-hybridized carbons (Fsp3) is 0.615. The van der Waals surface area contributed by atoms with Crippen LogP contribution in [-0.2, 0) is 0 Å². The average molecular weight is 250 g/mol. The van der Waals surface area contributed by atoms with Crippen LogP contribution in [0.15, 0.2) is 12.4 Å². The minimum atomic E-state index is -0.163. The summed E-state index contributed by atoms with van der Waals surface area (Å²) in [4.78, 5) is 19.8. The number of carbonyl (C=O) groups is 1. The van der Waals surface area contributed by atoms with Gasteiger partial charge in [-0.3, -0.25) is 4.79 Å². The van der Waals surface area contributed by atoms with Crippen molar-refractivity contribution >= 4 is 11.7 Å². The Hall–Kier alpha value is -1.65. The number of amides is 1. The van der Waals surface area contributed by atoms with Crippen molar-refractivity contribution in [3.05, 3.63) is 18.1 Å². The Morgan fingerprint density at radius 2 is 2.11 bits per heavy atom. The molecule has 18 heavy (non-hydrogen) atoms. The second-order valence-corrected chi connectivity index (χ2v) is 4.55. The fourth-order valence-corrected chi connectivity index (χ4v) is 1.51. The molecule has 0 atom stereocenters. The van der Waals surface area contributed by atoms with E-state index in [4.69, 9.17) is 0 Å². The normalized spacial score (nSPS) is 10.4. The molecular formula is C13H22N4O. The third-order valence-electron chi connectivity index (χ3n) is 2.41. The summed E-state index contributed by atoms with van der Waals surface area (Å²) in [5, 5.41) is 6.00. The van der Waals surface area contributed by atoms with Gasteiger partial charge in [-0.15, -0.1) is 0 Å². The molecule has 1 aromatic heterocycles. The number of rotatable bonds is 7. The Bertz CT molecular complexity index is 379. The number of aromatic nitrogens is 2. The summed E-state index contributed by atoms with van der Waals surface area (Å²) in [5.41, 5.74) is 0.400. The van der Waals surface area contributed by atoms with Crippen molar-refractivity contribution in [1.82, 2.24) is 15.3 Å². The maximum atomic E-state index is 11.8. The first-order valence-electron chi connectivity index (χ1n) is 6.50. The van der Waals surface area contributed by atoms with Gasteiger partial charge in [0.1, 0.15) is 17.8 Å². The molecule has 0 saturated carbocycles. The van der Waals surface area contributed by atoms with Gasteiger partial charge in [-0.2, -0.15) is 0 Å². The van der Waals surface area contributed by atoms with E-state index < -0.39 is 0 Å². The molecule has 0 bridgehead atoms. The summed E-state index contributed by atoms with van der Waals surface area (Å²) in [5.74, 6) is 0.541. The molecule has 0 saturated heterocycles. The quantitative estimate of drug-likeness (QED) is 0.728. The highest BCUT2D eigenvalue weighted by atomic mass is 16.1. The predicted octanol–water partition coefficient (Wildman–Crippen LogP) is 2.22. The number of unbranched alkanes of at least 4 members (excludes halogenated alkanes) is 2. The van der Waals surface area contributed by atoms with Gasteiger partial charge in [0.05, 0.1) is 0 Å². The van der Waals surface area contributed by atoms with Gasteiger partial charge in [0.25, 0.3) is 5.91 Å². The third kappa shape index (κ3) is 5.12. The standard InChI is InChI=1S/C13H22N4O/c1-4-5-6-7-14-12-8-11(15-9-16-12)13(18)17-10(2)3/h8-10H,4-7H2,1-3H3,(H,17,18)(H,14,15,16). The third-order valence-corrected chi connectivity index (χ3v) is 2.41. The molecule has 100 valence electrons. The molecule has 5 nitrogen and oxygen atoms in total. The van der Waals surface area contributed by atoms with Gasteiger partial charge >= 0.3 is 0 Å². The van der Waals surface area contributed by atoms with Crippen molar-refractivity contribution in [2.24, 2.45) is 0 Å². The largest absolute Gasteiger partial charge is 0.370 e. The predicted molar refractivity (Wildman–Crippen MR) is 72.6 cm³/mol. The minimum absolute atomic E-state index is 0.105. The molecule has 0 unspecified atom stereocenters. The van der Waals surface area contributed by atoms with Gasteiger partial charge in [0.2, 0.25) is 0 Å². The van der Waals surface area contributed by atoms with Crippen LogP contribution < -0.4 is 10.6 Å². The van der Waals surface area contributed by atoms with Crippen LogP contribution in [0.1, 0.15) is 50.5 Å². The molecule has 1 rings (SSSR count). The lowest BCUT2D eigenvalue weighted by molar-refractivity contribution is 0.0938. The van der Waals surface area contributed by atoms with E-state index in [1.165, 1.54) is 19.2 Å². The first kappa shape index (κ1) is 14.4. The molecule has 1 heterocycles. The Morgan fingerprint density at radius 3 is 2.78 bits per heavy atom. The molecule has 0 radical (unpaired) electrons. The number of carbonyl (C=O) groups excluding carboxylic acids is 1. The second-order valence-electron chi connectivity index (χ2n) is 4.55. The van der Waals surface area contributed by atoms with Crippen molar-refractivity contribution in [2.45, 2.75) is 46.1 Å². The Morgan fingerprint density at radius 1 is 1.33 bits per heavy atom. The van der Waals surface area contributed by atoms with Crippen molar-refractivity contribution in [1.29, 1.82) is 0 Å². The fourth-order valence-electron chi connectivity index (χ4n) is 1.51. The number of hydrogen-bond acceptors (Lipinski definition) is 4. The summed E-state index contributed by atoms with van der Waals surface area (Å²) in [6.45, 7) is 6.88.